The normalized spacial score (nSPS) is 10.1. The Labute approximate surface area is 128 Å². The first-order valence-corrected chi connectivity index (χ1v) is 6.84. The Kier molecular flexibility index (Phi) is 4.88. The van der Waals surface area contributed by atoms with Gasteiger partial charge in [-0.25, -0.2) is 9.59 Å². The number of hydrogen-bond acceptors (Lipinski definition) is 4. The number of fused-ring (bicyclic) bond motifs is 1. The molecule has 0 saturated heterocycles. The number of nitrogens with zero attached hydrogens (tertiary/aromatic N) is 2. The number of carbonyl (C=O) groups excluding carboxylic acids is 2. The van der Waals surface area contributed by atoms with E-state index in [1.807, 2.05) is 0 Å². The van der Waals surface area contributed by atoms with Gasteiger partial charge in [0.2, 0.25) is 0 Å². The molecule has 9 heteroatoms. The smallest absolute Gasteiger partial charge is 0.319 e. The predicted molar refractivity (Wildman–Crippen MR) is 81.8 cm³/mol. The predicted octanol–water partition coefficient (Wildman–Crippen LogP) is 1.18. The van der Waals surface area contributed by atoms with Crippen LogP contribution in [0.2, 0.25) is 0 Å². The van der Waals surface area contributed by atoms with Crippen LogP contribution in [0.5, 0.6) is 0 Å². The van der Waals surface area contributed by atoms with Gasteiger partial charge in [0.05, 0.1) is 15.7 Å². The first-order chi connectivity index (χ1) is 10.1. The van der Waals surface area contributed by atoms with E-state index in [4.69, 9.17) is 5.73 Å². The zero-order valence-corrected chi connectivity index (χ0v) is 12.5. The summed E-state index contributed by atoms with van der Waals surface area (Å²) in [4.78, 5) is 30.6. The molecule has 0 bridgehead atoms. The molecule has 8 nitrogen and oxygen atoms in total. The monoisotopic (exact) mass is 352 g/mol. The van der Waals surface area contributed by atoms with Crippen molar-refractivity contribution < 1.29 is 9.59 Å². The molecular weight excluding hydrogens is 340 g/mol. The Balaban J connectivity index is 1.98. The van der Waals surface area contributed by atoms with E-state index in [1.54, 1.807) is 24.5 Å². The summed E-state index contributed by atoms with van der Waals surface area (Å²) >= 11 is 3.39. The van der Waals surface area contributed by atoms with Crippen molar-refractivity contribution in [1.29, 1.82) is 0 Å². The number of nitrogens with one attached hydrogen (secondary N) is 3. The van der Waals surface area contributed by atoms with Crippen molar-refractivity contribution in [3.8, 4) is 0 Å². The summed E-state index contributed by atoms with van der Waals surface area (Å²) in [5.41, 5.74) is 6.86. The standard InChI is InChI=1S/C12H13BrN6O2/c13-9-7(1-2-8-10(9)16-4-3-15-8)19-12(21)18-6-5-17-11(14)20/h1-4H,5-6H2,(H3,14,17,20)(H2,18,19,21). The topological polar surface area (TPSA) is 122 Å². The lowest BCUT2D eigenvalue weighted by Gasteiger charge is -2.10. The Hall–Kier alpha value is -2.42. The fraction of sp³-hybridized carbons (Fsp3) is 0.167. The van der Waals surface area contributed by atoms with Crippen LogP contribution >= 0.6 is 15.9 Å². The summed E-state index contributed by atoms with van der Waals surface area (Å²) in [6.07, 6.45) is 3.17. The van der Waals surface area contributed by atoms with Gasteiger partial charge in [0.1, 0.15) is 5.52 Å². The van der Waals surface area contributed by atoms with Gasteiger partial charge in [-0.15, -0.1) is 0 Å². The Bertz CT molecular complexity index is 678. The summed E-state index contributed by atoms with van der Waals surface area (Å²) < 4.78 is 0.651. The van der Waals surface area contributed by atoms with Crippen molar-refractivity contribution in [3.05, 3.63) is 29.0 Å². The van der Waals surface area contributed by atoms with Crippen LogP contribution in [0.15, 0.2) is 29.0 Å². The van der Waals surface area contributed by atoms with E-state index in [2.05, 4.69) is 41.8 Å². The summed E-state index contributed by atoms with van der Waals surface area (Å²) in [5, 5.41) is 7.64. The molecule has 0 aliphatic rings. The lowest BCUT2D eigenvalue weighted by molar-refractivity contribution is 0.246. The molecule has 5 N–H and O–H groups in total. The van der Waals surface area contributed by atoms with E-state index >= 15 is 0 Å². The van der Waals surface area contributed by atoms with Gasteiger partial charge in [-0.05, 0) is 28.1 Å². The molecule has 0 radical (unpaired) electrons. The molecule has 2 rings (SSSR count). The second kappa shape index (κ2) is 6.84. The third-order valence-corrected chi connectivity index (χ3v) is 3.34. The number of hydrogen-bond donors (Lipinski definition) is 4. The quantitative estimate of drug-likeness (QED) is 0.617. The Morgan fingerprint density at radius 1 is 1.14 bits per heavy atom. The average Bonchev–Trinajstić information content (AvgIpc) is 2.47. The average molecular weight is 353 g/mol. The molecule has 0 saturated carbocycles. The molecule has 0 aliphatic heterocycles. The highest BCUT2D eigenvalue weighted by atomic mass is 79.9. The van der Waals surface area contributed by atoms with E-state index in [0.717, 1.165) is 5.52 Å². The van der Waals surface area contributed by atoms with Crippen molar-refractivity contribution in [2.45, 2.75) is 0 Å². The maximum atomic E-state index is 11.7. The van der Waals surface area contributed by atoms with Crippen molar-refractivity contribution in [2.24, 2.45) is 5.73 Å². The van der Waals surface area contributed by atoms with E-state index in [0.29, 0.717) is 15.7 Å². The van der Waals surface area contributed by atoms with Crippen LogP contribution in [0, 0.1) is 0 Å². The molecule has 4 amide bonds. The van der Waals surface area contributed by atoms with E-state index in [1.165, 1.54) is 0 Å². The Morgan fingerprint density at radius 3 is 2.62 bits per heavy atom. The molecule has 0 unspecified atom stereocenters. The molecule has 0 aliphatic carbocycles. The van der Waals surface area contributed by atoms with Crippen molar-refractivity contribution in [3.63, 3.8) is 0 Å². The highest BCUT2D eigenvalue weighted by Gasteiger charge is 2.09. The van der Waals surface area contributed by atoms with Crippen LogP contribution in [0.25, 0.3) is 11.0 Å². The van der Waals surface area contributed by atoms with Crippen molar-refractivity contribution in [1.82, 2.24) is 20.6 Å². The number of anilines is 1. The van der Waals surface area contributed by atoms with Gasteiger partial charge in [-0.2, -0.15) is 0 Å². The van der Waals surface area contributed by atoms with Gasteiger partial charge in [0, 0.05) is 25.5 Å². The van der Waals surface area contributed by atoms with Crippen LogP contribution in [0.1, 0.15) is 0 Å². The van der Waals surface area contributed by atoms with E-state index in [9.17, 15) is 9.59 Å². The molecule has 0 fully saturated rings. The lowest BCUT2D eigenvalue weighted by Crippen LogP contribution is -2.38. The maximum Gasteiger partial charge on any atom is 0.319 e. The number of rotatable bonds is 4. The number of primary amides is 1. The zero-order chi connectivity index (χ0) is 15.2. The van der Waals surface area contributed by atoms with Crippen molar-refractivity contribution >= 4 is 44.7 Å². The SMILES string of the molecule is NC(=O)NCCNC(=O)Nc1ccc2nccnc2c1Br. The highest BCUT2D eigenvalue weighted by Crippen LogP contribution is 2.28. The van der Waals surface area contributed by atoms with Crippen LogP contribution < -0.4 is 21.7 Å². The minimum absolute atomic E-state index is 0.257. The molecular formula is C12H13BrN6O2. The molecule has 2 aromatic rings. The van der Waals surface area contributed by atoms with Gasteiger partial charge in [0.25, 0.3) is 0 Å². The minimum Gasteiger partial charge on any atom is -0.352 e. The number of benzene rings is 1. The molecule has 0 atom stereocenters. The van der Waals surface area contributed by atoms with Gasteiger partial charge < -0.3 is 21.7 Å². The third-order valence-electron chi connectivity index (χ3n) is 2.54. The maximum absolute atomic E-state index is 11.7. The van der Waals surface area contributed by atoms with Crippen LogP contribution in [0.4, 0.5) is 15.3 Å². The van der Waals surface area contributed by atoms with E-state index in [-0.39, 0.29) is 13.1 Å². The van der Waals surface area contributed by atoms with Crippen LogP contribution in [0.3, 0.4) is 0 Å². The zero-order valence-electron chi connectivity index (χ0n) is 10.9. The molecule has 1 aromatic heterocycles. The van der Waals surface area contributed by atoms with Gasteiger partial charge in [0.15, 0.2) is 0 Å². The molecule has 1 aromatic carbocycles. The second-order valence-electron chi connectivity index (χ2n) is 4.02. The number of amides is 4. The summed E-state index contributed by atoms with van der Waals surface area (Å²) in [6.45, 7) is 0.521. The second-order valence-corrected chi connectivity index (χ2v) is 4.82. The minimum atomic E-state index is -0.631. The van der Waals surface area contributed by atoms with Crippen LogP contribution in [-0.4, -0.2) is 35.1 Å². The number of nitrogens with two attached hydrogens (primary N) is 1. The number of urea groups is 2. The first-order valence-electron chi connectivity index (χ1n) is 6.05. The third kappa shape index (κ3) is 4.02. The molecule has 21 heavy (non-hydrogen) atoms. The number of aromatic nitrogens is 2. The first kappa shape index (κ1) is 15.0. The number of halogens is 1. The summed E-state index contributed by atoms with van der Waals surface area (Å²) in [6, 6.07) is 2.46. The Morgan fingerprint density at radius 2 is 1.86 bits per heavy atom. The molecule has 1 heterocycles. The summed E-state index contributed by atoms with van der Waals surface area (Å²) in [5.74, 6) is 0. The fourth-order valence-corrected chi connectivity index (χ4v) is 2.16. The van der Waals surface area contributed by atoms with Gasteiger partial charge in [-0.3, -0.25) is 9.97 Å². The van der Waals surface area contributed by atoms with Crippen LogP contribution in [-0.2, 0) is 0 Å². The van der Waals surface area contributed by atoms with E-state index < -0.39 is 12.1 Å². The lowest BCUT2D eigenvalue weighted by atomic mass is 10.2. The molecule has 0 spiro atoms. The van der Waals surface area contributed by atoms with Gasteiger partial charge in [-0.1, -0.05) is 0 Å². The summed E-state index contributed by atoms with van der Waals surface area (Å²) in [7, 11) is 0. The highest BCUT2D eigenvalue weighted by molar-refractivity contribution is 9.10. The fourth-order valence-electron chi connectivity index (χ4n) is 1.63. The van der Waals surface area contributed by atoms with Crippen molar-refractivity contribution in [2.75, 3.05) is 18.4 Å². The molecule has 110 valence electrons. The largest absolute Gasteiger partial charge is 0.352 e. The number of carbonyl (C=O) groups is 2. The van der Waals surface area contributed by atoms with Gasteiger partial charge >= 0.3 is 12.1 Å².